The van der Waals surface area contributed by atoms with Crippen LogP contribution >= 0.6 is 11.3 Å². The standard InChI is InChI=1S/C15H22N2O4S/c1-5-7-8-11(18)16-14-12(9(3)10(4)22-14)13(19)17-15(20)21-6-2/h5-8H2,1-4H3,(H,16,18)(H,17,19,20). The molecule has 0 aliphatic rings. The molecule has 0 spiro atoms. The molecular weight excluding hydrogens is 304 g/mol. The lowest BCUT2D eigenvalue weighted by Crippen LogP contribution is -2.31. The van der Waals surface area contributed by atoms with Gasteiger partial charge in [-0.25, -0.2) is 4.79 Å². The molecular formula is C15H22N2O4S. The fraction of sp³-hybridized carbons (Fsp3) is 0.533. The van der Waals surface area contributed by atoms with Gasteiger partial charge >= 0.3 is 6.09 Å². The largest absolute Gasteiger partial charge is 0.450 e. The van der Waals surface area contributed by atoms with E-state index in [1.54, 1.807) is 13.8 Å². The summed E-state index contributed by atoms with van der Waals surface area (Å²) in [5.74, 6) is -0.695. The molecule has 1 rings (SSSR count). The summed E-state index contributed by atoms with van der Waals surface area (Å²) >= 11 is 1.33. The van der Waals surface area contributed by atoms with Gasteiger partial charge in [0.1, 0.15) is 5.00 Å². The third-order valence-corrected chi connectivity index (χ3v) is 4.24. The zero-order chi connectivity index (χ0) is 16.7. The first kappa shape index (κ1) is 18.2. The minimum absolute atomic E-state index is 0.131. The third-order valence-electron chi connectivity index (χ3n) is 3.11. The summed E-state index contributed by atoms with van der Waals surface area (Å²) < 4.78 is 4.70. The Hall–Kier alpha value is -1.89. The highest BCUT2D eigenvalue weighted by Crippen LogP contribution is 2.32. The van der Waals surface area contributed by atoms with E-state index in [0.717, 1.165) is 23.3 Å². The number of aryl methyl sites for hydroxylation is 1. The Morgan fingerprint density at radius 3 is 2.45 bits per heavy atom. The molecule has 0 radical (unpaired) electrons. The Kier molecular flexibility index (Phi) is 7.04. The number of carbonyl (C=O) groups excluding carboxylic acids is 3. The maximum absolute atomic E-state index is 12.2. The van der Waals surface area contributed by atoms with Crippen LogP contribution in [0.4, 0.5) is 9.80 Å². The van der Waals surface area contributed by atoms with E-state index in [1.807, 2.05) is 13.8 Å². The second-order valence-electron chi connectivity index (χ2n) is 4.81. The molecule has 0 aromatic carbocycles. The first-order valence-corrected chi connectivity index (χ1v) is 8.10. The molecule has 122 valence electrons. The number of alkyl carbamates (subject to hydrolysis) is 1. The van der Waals surface area contributed by atoms with Crippen molar-refractivity contribution in [1.29, 1.82) is 0 Å². The summed E-state index contributed by atoms with van der Waals surface area (Å²) in [6.45, 7) is 7.49. The molecule has 0 saturated carbocycles. The van der Waals surface area contributed by atoms with Crippen molar-refractivity contribution < 1.29 is 19.1 Å². The van der Waals surface area contributed by atoms with Crippen LogP contribution in [0.3, 0.4) is 0 Å². The van der Waals surface area contributed by atoms with Gasteiger partial charge in [0.2, 0.25) is 5.91 Å². The van der Waals surface area contributed by atoms with Crippen molar-refractivity contribution in [3.8, 4) is 0 Å². The number of thiophene rings is 1. The summed E-state index contributed by atoms with van der Waals surface area (Å²) in [5, 5.41) is 5.39. The molecule has 0 bridgehead atoms. The maximum atomic E-state index is 12.2. The molecule has 0 saturated heterocycles. The molecule has 0 aliphatic carbocycles. The molecule has 22 heavy (non-hydrogen) atoms. The Bertz CT molecular complexity index is 566. The highest BCUT2D eigenvalue weighted by molar-refractivity contribution is 7.16. The third kappa shape index (κ3) is 4.84. The number of hydrogen-bond acceptors (Lipinski definition) is 5. The molecule has 0 fully saturated rings. The second kappa shape index (κ2) is 8.53. The molecule has 6 nitrogen and oxygen atoms in total. The molecule has 1 aromatic heterocycles. The van der Waals surface area contributed by atoms with Gasteiger partial charge in [-0.3, -0.25) is 14.9 Å². The molecule has 3 amide bonds. The summed E-state index contributed by atoms with van der Waals surface area (Å²) in [4.78, 5) is 36.4. The van der Waals surface area contributed by atoms with E-state index in [1.165, 1.54) is 11.3 Å². The van der Waals surface area contributed by atoms with E-state index in [9.17, 15) is 14.4 Å². The van der Waals surface area contributed by atoms with E-state index in [4.69, 9.17) is 4.74 Å². The minimum atomic E-state index is -0.793. The van der Waals surface area contributed by atoms with Crippen LogP contribution in [-0.4, -0.2) is 24.5 Å². The summed E-state index contributed by atoms with van der Waals surface area (Å²) in [6.07, 6.45) is 1.33. The van der Waals surface area contributed by atoms with Crippen molar-refractivity contribution in [3.05, 3.63) is 16.0 Å². The van der Waals surface area contributed by atoms with Crippen molar-refractivity contribution in [2.45, 2.75) is 47.0 Å². The van der Waals surface area contributed by atoms with E-state index in [0.29, 0.717) is 17.0 Å². The second-order valence-corrected chi connectivity index (χ2v) is 6.04. The number of anilines is 1. The molecule has 0 unspecified atom stereocenters. The van der Waals surface area contributed by atoms with Crippen LogP contribution < -0.4 is 10.6 Å². The lowest BCUT2D eigenvalue weighted by atomic mass is 10.1. The summed E-state index contributed by atoms with van der Waals surface area (Å²) in [5.41, 5.74) is 1.07. The van der Waals surface area contributed by atoms with Crippen LogP contribution in [0, 0.1) is 13.8 Å². The van der Waals surface area contributed by atoms with Crippen molar-refractivity contribution in [1.82, 2.24) is 5.32 Å². The highest BCUT2D eigenvalue weighted by Gasteiger charge is 2.22. The average Bonchev–Trinajstić information content (AvgIpc) is 2.71. The zero-order valence-corrected chi connectivity index (χ0v) is 14.2. The molecule has 1 heterocycles. The number of rotatable bonds is 6. The van der Waals surface area contributed by atoms with E-state index in [-0.39, 0.29) is 12.5 Å². The topological polar surface area (TPSA) is 84.5 Å². The van der Waals surface area contributed by atoms with E-state index in [2.05, 4.69) is 10.6 Å². The van der Waals surface area contributed by atoms with Crippen LogP contribution in [0.2, 0.25) is 0 Å². The van der Waals surface area contributed by atoms with Gasteiger partial charge in [-0.1, -0.05) is 13.3 Å². The molecule has 2 N–H and O–H groups in total. The maximum Gasteiger partial charge on any atom is 0.414 e. The van der Waals surface area contributed by atoms with Gasteiger partial charge in [0.15, 0.2) is 0 Å². The Morgan fingerprint density at radius 2 is 1.86 bits per heavy atom. The predicted molar refractivity (Wildman–Crippen MR) is 86.4 cm³/mol. The Labute approximate surface area is 134 Å². The fourth-order valence-corrected chi connectivity index (χ4v) is 2.91. The zero-order valence-electron chi connectivity index (χ0n) is 13.4. The lowest BCUT2D eigenvalue weighted by Gasteiger charge is -2.08. The van der Waals surface area contributed by atoms with Gasteiger partial charge in [0.05, 0.1) is 12.2 Å². The van der Waals surface area contributed by atoms with Gasteiger partial charge in [-0.05, 0) is 32.8 Å². The van der Waals surface area contributed by atoms with Crippen LogP contribution in [0.5, 0.6) is 0 Å². The van der Waals surface area contributed by atoms with Gasteiger partial charge in [0, 0.05) is 11.3 Å². The van der Waals surface area contributed by atoms with Crippen molar-refractivity contribution >= 4 is 34.2 Å². The SMILES string of the molecule is CCCCC(=O)Nc1sc(C)c(C)c1C(=O)NC(=O)OCC. The van der Waals surface area contributed by atoms with E-state index >= 15 is 0 Å². The number of nitrogens with one attached hydrogen (secondary N) is 2. The minimum Gasteiger partial charge on any atom is -0.450 e. The monoisotopic (exact) mass is 326 g/mol. The molecule has 0 atom stereocenters. The number of imide groups is 1. The molecule has 7 heteroatoms. The van der Waals surface area contributed by atoms with Gasteiger partial charge in [-0.2, -0.15) is 0 Å². The van der Waals surface area contributed by atoms with Crippen molar-refractivity contribution in [3.63, 3.8) is 0 Å². The van der Waals surface area contributed by atoms with Crippen molar-refractivity contribution in [2.24, 2.45) is 0 Å². The van der Waals surface area contributed by atoms with Gasteiger partial charge in [0.25, 0.3) is 5.91 Å². The summed E-state index contributed by atoms with van der Waals surface area (Å²) in [6, 6.07) is 0. The number of carbonyl (C=O) groups is 3. The smallest absolute Gasteiger partial charge is 0.414 e. The first-order chi connectivity index (χ1) is 10.4. The molecule has 1 aromatic rings. The number of ether oxygens (including phenoxy) is 1. The highest BCUT2D eigenvalue weighted by atomic mass is 32.1. The first-order valence-electron chi connectivity index (χ1n) is 7.28. The number of amides is 3. The van der Waals surface area contributed by atoms with Gasteiger partial charge < -0.3 is 10.1 Å². The molecule has 0 aliphatic heterocycles. The van der Waals surface area contributed by atoms with Crippen molar-refractivity contribution in [2.75, 3.05) is 11.9 Å². The van der Waals surface area contributed by atoms with Crippen LogP contribution in [0.15, 0.2) is 0 Å². The average molecular weight is 326 g/mol. The van der Waals surface area contributed by atoms with E-state index < -0.39 is 12.0 Å². The van der Waals surface area contributed by atoms with Crippen LogP contribution in [0.25, 0.3) is 0 Å². The predicted octanol–water partition coefficient (Wildman–Crippen LogP) is 3.38. The van der Waals surface area contributed by atoms with Crippen LogP contribution in [-0.2, 0) is 9.53 Å². The normalized spacial score (nSPS) is 10.2. The summed E-state index contributed by atoms with van der Waals surface area (Å²) in [7, 11) is 0. The fourth-order valence-electron chi connectivity index (χ4n) is 1.84. The lowest BCUT2D eigenvalue weighted by molar-refractivity contribution is -0.116. The van der Waals surface area contributed by atoms with Crippen LogP contribution in [0.1, 0.15) is 53.9 Å². The Balaban J connectivity index is 2.91. The number of hydrogen-bond donors (Lipinski definition) is 2. The quantitative estimate of drug-likeness (QED) is 0.839. The Morgan fingerprint density at radius 1 is 1.18 bits per heavy atom. The van der Waals surface area contributed by atoms with Gasteiger partial charge in [-0.15, -0.1) is 11.3 Å². The number of unbranched alkanes of at least 4 members (excludes halogenated alkanes) is 1.